The van der Waals surface area contributed by atoms with Gasteiger partial charge in [0.15, 0.2) is 0 Å². The van der Waals surface area contributed by atoms with E-state index in [2.05, 4.69) is 50.8 Å². The first kappa shape index (κ1) is 13.2. The summed E-state index contributed by atoms with van der Waals surface area (Å²) in [5, 5.41) is 0. The maximum Gasteiger partial charge on any atom is -0.0199 e. The van der Waals surface area contributed by atoms with Crippen molar-refractivity contribution >= 4 is 0 Å². The second-order valence-corrected chi connectivity index (χ2v) is 3.57. The van der Waals surface area contributed by atoms with Crippen molar-refractivity contribution in [2.45, 2.75) is 46.0 Å². The fraction of sp³-hybridized carbons (Fsp3) is 0.571. The van der Waals surface area contributed by atoms with Gasteiger partial charge in [0.05, 0.1) is 0 Å². The molecule has 14 heavy (non-hydrogen) atoms. The molecule has 0 saturated heterocycles. The quantitative estimate of drug-likeness (QED) is 0.480. The Kier molecular flexibility index (Phi) is 9.73. The summed E-state index contributed by atoms with van der Waals surface area (Å²) in [5.74, 6) is 0.652. The predicted octanol–water partition coefficient (Wildman–Crippen LogP) is 4.89. The Morgan fingerprint density at radius 1 is 1.00 bits per heavy atom. The van der Waals surface area contributed by atoms with Gasteiger partial charge < -0.3 is 0 Å². The lowest BCUT2D eigenvalue weighted by atomic mass is 9.99. The second-order valence-electron chi connectivity index (χ2n) is 3.57. The smallest absolute Gasteiger partial charge is 0.0199 e. The van der Waals surface area contributed by atoms with E-state index in [1.54, 1.807) is 0 Å². The van der Waals surface area contributed by atoms with Gasteiger partial charge in [-0.2, -0.15) is 0 Å². The molecule has 0 radical (unpaired) electrons. The van der Waals surface area contributed by atoms with Gasteiger partial charge in [0.25, 0.3) is 0 Å². The summed E-state index contributed by atoms with van der Waals surface area (Å²) in [6.45, 7) is 8.22. The predicted molar refractivity (Wildman–Crippen MR) is 66.4 cm³/mol. The van der Waals surface area contributed by atoms with Crippen molar-refractivity contribution in [2.75, 3.05) is 0 Å². The lowest BCUT2D eigenvalue weighted by molar-refractivity contribution is 0.607. The molecule has 0 fully saturated rings. The van der Waals surface area contributed by atoms with Crippen LogP contribution in [-0.4, -0.2) is 0 Å². The van der Waals surface area contributed by atoms with E-state index in [-0.39, 0.29) is 0 Å². The molecule has 0 unspecified atom stereocenters. The van der Waals surface area contributed by atoms with E-state index in [0.29, 0.717) is 5.92 Å². The Hall–Kier alpha value is -0.780. The highest BCUT2D eigenvalue weighted by atomic mass is 14.0. The minimum Gasteiger partial charge on any atom is -0.103 e. The van der Waals surface area contributed by atoms with Crippen molar-refractivity contribution in [3.05, 3.63) is 37.0 Å². The molecule has 0 aromatic carbocycles. The largest absolute Gasteiger partial charge is 0.103 e. The van der Waals surface area contributed by atoms with Crippen LogP contribution < -0.4 is 0 Å². The highest BCUT2D eigenvalue weighted by molar-refractivity contribution is 4.91. The summed E-state index contributed by atoms with van der Waals surface area (Å²) >= 11 is 0. The molecule has 80 valence electrons. The van der Waals surface area contributed by atoms with E-state index in [9.17, 15) is 0 Å². The van der Waals surface area contributed by atoms with Crippen molar-refractivity contribution in [1.82, 2.24) is 0 Å². The van der Waals surface area contributed by atoms with Crippen LogP contribution in [0.5, 0.6) is 0 Å². The maximum absolute atomic E-state index is 3.88. The van der Waals surface area contributed by atoms with E-state index < -0.39 is 0 Å². The van der Waals surface area contributed by atoms with E-state index in [1.165, 1.54) is 12.8 Å². The third-order valence-electron chi connectivity index (χ3n) is 2.28. The molecule has 0 aliphatic rings. The van der Waals surface area contributed by atoms with Crippen LogP contribution in [-0.2, 0) is 0 Å². The lowest BCUT2D eigenvalue weighted by Gasteiger charge is -2.07. The normalized spacial score (nSPS) is 13.9. The minimum atomic E-state index is 0.652. The van der Waals surface area contributed by atoms with Crippen LogP contribution in [0.2, 0.25) is 0 Å². The molecule has 0 aromatic rings. The summed E-state index contributed by atoms with van der Waals surface area (Å²) < 4.78 is 0. The van der Waals surface area contributed by atoms with Gasteiger partial charge in [0.2, 0.25) is 0 Å². The van der Waals surface area contributed by atoms with Crippen LogP contribution in [0.4, 0.5) is 0 Å². The lowest BCUT2D eigenvalue weighted by Crippen LogP contribution is -1.93. The van der Waals surface area contributed by atoms with Crippen LogP contribution in [0.25, 0.3) is 0 Å². The zero-order valence-electron chi connectivity index (χ0n) is 9.71. The Bertz CT molecular complexity index is 174. The maximum atomic E-state index is 3.88. The molecular formula is C14H24. The van der Waals surface area contributed by atoms with Crippen molar-refractivity contribution in [3.8, 4) is 0 Å². The zero-order chi connectivity index (χ0) is 10.6. The van der Waals surface area contributed by atoms with Gasteiger partial charge in [-0.15, -0.1) is 6.58 Å². The second kappa shape index (κ2) is 10.3. The third-order valence-corrected chi connectivity index (χ3v) is 2.28. The Labute approximate surface area is 89.4 Å². The fourth-order valence-electron chi connectivity index (χ4n) is 1.36. The fourth-order valence-corrected chi connectivity index (χ4v) is 1.36. The number of rotatable bonds is 8. The number of hydrogen-bond acceptors (Lipinski definition) is 0. The standard InChI is InChI=1S/C14H24/c1-4-7-9-11-13-14(6-3)12-10-8-5-2/h6-10,14H,3-5,11-13H2,1-2H3/b9-7-,10-8-/t14-/m1/s1. The Morgan fingerprint density at radius 2 is 1.64 bits per heavy atom. The first-order valence-electron chi connectivity index (χ1n) is 5.77. The molecule has 0 spiro atoms. The van der Waals surface area contributed by atoms with E-state index in [4.69, 9.17) is 0 Å². The van der Waals surface area contributed by atoms with Crippen LogP contribution in [0.1, 0.15) is 46.0 Å². The van der Waals surface area contributed by atoms with Gasteiger partial charge in [-0.25, -0.2) is 0 Å². The molecule has 0 rings (SSSR count). The van der Waals surface area contributed by atoms with Gasteiger partial charge in [-0.3, -0.25) is 0 Å². The van der Waals surface area contributed by atoms with Gasteiger partial charge in [-0.1, -0.05) is 44.2 Å². The molecule has 0 aromatic heterocycles. The van der Waals surface area contributed by atoms with Gasteiger partial charge in [0.1, 0.15) is 0 Å². The molecule has 0 aliphatic heterocycles. The minimum absolute atomic E-state index is 0.652. The summed E-state index contributed by atoms with van der Waals surface area (Å²) in [7, 11) is 0. The monoisotopic (exact) mass is 192 g/mol. The van der Waals surface area contributed by atoms with Crippen LogP contribution >= 0.6 is 0 Å². The Balaban J connectivity index is 3.62. The SMILES string of the molecule is C=C[C@H](C/C=C\CC)CC/C=C\CC. The first-order valence-corrected chi connectivity index (χ1v) is 5.77. The average molecular weight is 192 g/mol. The Morgan fingerprint density at radius 3 is 2.21 bits per heavy atom. The molecule has 0 amide bonds. The van der Waals surface area contributed by atoms with Crippen LogP contribution in [0, 0.1) is 5.92 Å². The molecule has 0 heteroatoms. The number of hydrogen-bond donors (Lipinski definition) is 0. The summed E-state index contributed by atoms with van der Waals surface area (Å²) in [4.78, 5) is 0. The molecule has 0 nitrogen and oxygen atoms in total. The molecule has 1 atom stereocenters. The van der Waals surface area contributed by atoms with Crippen molar-refractivity contribution in [2.24, 2.45) is 5.92 Å². The highest BCUT2D eigenvalue weighted by Gasteiger charge is 1.99. The summed E-state index contributed by atoms with van der Waals surface area (Å²) in [6.07, 6.45) is 17.0. The number of allylic oxidation sites excluding steroid dienone is 5. The molecule has 0 saturated carbocycles. The molecule has 0 heterocycles. The molecule has 0 aliphatic carbocycles. The van der Waals surface area contributed by atoms with Crippen LogP contribution in [0.3, 0.4) is 0 Å². The summed E-state index contributed by atoms with van der Waals surface area (Å²) in [5.41, 5.74) is 0. The molecule has 0 N–H and O–H groups in total. The van der Waals surface area contributed by atoms with Crippen molar-refractivity contribution in [1.29, 1.82) is 0 Å². The van der Waals surface area contributed by atoms with E-state index >= 15 is 0 Å². The third kappa shape index (κ3) is 7.85. The first-order chi connectivity index (χ1) is 6.85. The topological polar surface area (TPSA) is 0 Å². The summed E-state index contributed by atoms with van der Waals surface area (Å²) in [6, 6.07) is 0. The zero-order valence-corrected chi connectivity index (χ0v) is 9.71. The van der Waals surface area contributed by atoms with E-state index in [0.717, 1.165) is 19.3 Å². The average Bonchev–Trinajstić information content (AvgIpc) is 2.22. The van der Waals surface area contributed by atoms with Gasteiger partial charge in [-0.05, 0) is 38.0 Å². The van der Waals surface area contributed by atoms with Crippen molar-refractivity contribution < 1.29 is 0 Å². The van der Waals surface area contributed by atoms with Crippen molar-refractivity contribution in [3.63, 3.8) is 0 Å². The highest BCUT2D eigenvalue weighted by Crippen LogP contribution is 2.13. The van der Waals surface area contributed by atoms with Crippen LogP contribution in [0.15, 0.2) is 37.0 Å². The van der Waals surface area contributed by atoms with E-state index in [1.807, 2.05) is 0 Å². The molecule has 0 bridgehead atoms. The van der Waals surface area contributed by atoms with Gasteiger partial charge >= 0.3 is 0 Å². The van der Waals surface area contributed by atoms with Gasteiger partial charge in [0, 0.05) is 0 Å². The molecular weight excluding hydrogens is 168 g/mol.